The van der Waals surface area contributed by atoms with E-state index in [9.17, 15) is 0 Å². The van der Waals surface area contributed by atoms with E-state index >= 15 is 0 Å². The third-order valence-electron chi connectivity index (χ3n) is 4.66. The smallest absolute Gasteiger partial charge is 0.205 e. The fourth-order valence-electron chi connectivity index (χ4n) is 3.18. The SMILES string of the molecule is CCOc1cnc(C#Cc2ccc([C@H]3CC[C@H](C)CC3)cc2)nc1. The average Bonchev–Trinajstić information content (AvgIpc) is 2.63. The van der Waals surface area contributed by atoms with Gasteiger partial charge in [0.25, 0.3) is 0 Å². The maximum absolute atomic E-state index is 5.33. The van der Waals surface area contributed by atoms with E-state index < -0.39 is 0 Å². The molecule has 1 aliphatic carbocycles. The molecule has 3 rings (SSSR count). The second kappa shape index (κ2) is 7.97. The van der Waals surface area contributed by atoms with Crippen molar-refractivity contribution >= 4 is 0 Å². The zero-order valence-electron chi connectivity index (χ0n) is 14.5. The van der Waals surface area contributed by atoms with Gasteiger partial charge in [0.1, 0.15) is 0 Å². The lowest BCUT2D eigenvalue weighted by molar-refractivity contribution is 0.337. The summed E-state index contributed by atoms with van der Waals surface area (Å²) >= 11 is 0. The Bertz CT molecular complexity index is 702. The maximum atomic E-state index is 5.33. The molecular formula is C21H24N2O. The van der Waals surface area contributed by atoms with E-state index in [0.717, 1.165) is 17.4 Å². The van der Waals surface area contributed by atoms with Crippen LogP contribution in [0.25, 0.3) is 0 Å². The number of nitrogens with zero attached hydrogens (tertiary/aromatic N) is 2. The van der Waals surface area contributed by atoms with Crippen molar-refractivity contribution < 1.29 is 4.74 Å². The summed E-state index contributed by atoms with van der Waals surface area (Å²) in [5.41, 5.74) is 2.45. The molecule has 0 spiro atoms. The van der Waals surface area contributed by atoms with Crippen LogP contribution < -0.4 is 4.74 Å². The van der Waals surface area contributed by atoms with Crippen molar-refractivity contribution in [2.24, 2.45) is 5.92 Å². The van der Waals surface area contributed by atoms with Crippen molar-refractivity contribution in [2.75, 3.05) is 6.61 Å². The molecule has 0 radical (unpaired) electrons. The van der Waals surface area contributed by atoms with E-state index in [0.29, 0.717) is 18.2 Å². The number of ether oxygens (including phenoxy) is 1. The van der Waals surface area contributed by atoms with Crippen LogP contribution in [-0.2, 0) is 0 Å². The van der Waals surface area contributed by atoms with Gasteiger partial charge in [0.05, 0.1) is 19.0 Å². The number of aromatic nitrogens is 2. The zero-order valence-corrected chi connectivity index (χ0v) is 14.5. The Balaban J connectivity index is 1.64. The molecule has 0 saturated heterocycles. The van der Waals surface area contributed by atoms with Gasteiger partial charge >= 0.3 is 0 Å². The van der Waals surface area contributed by atoms with E-state index in [1.54, 1.807) is 12.4 Å². The maximum Gasteiger partial charge on any atom is 0.205 e. The van der Waals surface area contributed by atoms with Crippen LogP contribution in [0.1, 0.15) is 62.4 Å². The van der Waals surface area contributed by atoms with Gasteiger partial charge in [-0.2, -0.15) is 0 Å². The summed E-state index contributed by atoms with van der Waals surface area (Å²) in [6, 6.07) is 8.66. The molecule has 3 nitrogen and oxygen atoms in total. The fraction of sp³-hybridized carbons (Fsp3) is 0.429. The lowest BCUT2D eigenvalue weighted by Crippen LogP contribution is -2.10. The highest BCUT2D eigenvalue weighted by atomic mass is 16.5. The van der Waals surface area contributed by atoms with Crippen molar-refractivity contribution in [2.45, 2.75) is 45.4 Å². The van der Waals surface area contributed by atoms with Gasteiger partial charge in [-0.3, -0.25) is 0 Å². The predicted octanol–water partition coefficient (Wildman–Crippen LogP) is 4.57. The van der Waals surface area contributed by atoms with Crippen LogP contribution in [-0.4, -0.2) is 16.6 Å². The molecule has 0 N–H and O–H groups in total. The van der Waals surface area contributed by atoms with E-state index in [2.05, 4.69) is 53.0 Å². The van der Waals surface area contributed by atoms with Crippen molar-refractivity contribution in [1.29, 1.82) is 0 Å². The Hall–Kier alpha value is -2.34. The number of hydrogen-bond acceptors (Lipinski definition) is 3. The molecule has 0 amide bonds. The van der Waals surface area contributed by atoms with Gasteiger partial charge in [-0.25, -0.2) is 9.97 Å². The van der Waals surface area contributed by atoms with Crippen LogP contribution in [0.4, 0.5) is 0 Å². The van der Waals surface area contributed by atoms with Crippen LogP contribution in [0.3, 0.4) is 0 Å². The van der Waals surface area contributed by atoms with Gasteiger partial charge in [-0.15, -0.1) is 0 Å². The topological polar surface area (TPSA) is 35.0 Å². The Labute approximate surface area is 144 Å². The molecule has 1 aromatic carbocycles. The van der Waals surface area contributed by atoms with E-state index in [1.807, 2.05) is 6.92 Å². The molecule has 1 saturated carbocycles. The van der Waals surface area contributed by atoms with Gasteiger partial charge in [-0.1, -0.05) is 37.8 Å². The Kier molecular flexibility index (Phi) is 5.48. The minimum atomic E-state index is 0.517. The number of benzene rings is 1. The fourth-order valence-corrected chi connectivity index (χ4v) is 3.18. The van der Waals surface area contributed by atoms with Crippen LogP contribution in [0, 0.1) is 17.8 Å². The summed E-state index contributed by atoms with van der Waals surface area (Å²) in [7, 11) is 0. The lowest BCUT2D eigenvalue weighted by Gasteiger charge is -2.26. The zero-order chi connectivity index (χ0) is 16.8. The molecular weight excluding hydrogens is 296 g/mol. The molecule has 0 unspecified atom stereocenters. The minimum Gasteiger partial charge on any atom is -0.491 e. The number of hydrogen-bond donors (Lipinski definition) is 0. The molecule has 1 aliphatic rings. The second-order valence-electron chi connectivity index (χ2n) is 6.50. The van der Waals surface area contributed by atoms with Crippen molar-refractivity contribution in [3.63, 3.8) is 0 Å². The largest absolute Gasteiger partial charge is 0.491 e. The molecule has 124 valence electrons. The molecule has 1 heterocycles. The average molecular weight is 320 g/mol. The lowest BCUT2D eigenvalue weighted by atomic mass is 9.79. The van der Waals surface area contributed by atoms with Gasteiger partial charge in [0.2, 0.25) is 5.82 Å². The third kappa shape index (κ3) is 4.35. The van der Waals surface area contributed by atoms with Gasteiger partial charge in [-0.05, 0) is 55.2 Å². The van der Waals surface area contributed by atoms with Crippen molar-refractivity contribution in [1.82, 2.24) is 9.97 Å². The molecule has 1 fully saturated rings. The van der Waals surface area contributed by atoms with Crippen LogP contribution in [0.2, 0.25) is 0 Å². The van der Waals surface area contributed by atoms with E-state index in [4.69, 9.17) is 4.74 Å². The minimum absolute atomic E-state index is 0.517. The van der Waals surface area contributed by atoms with Gasteiger partial charge in [0.15, 0.2) is 5.75 Å². The Morgan fingerprint density at radius 2 is 1.67 bits per heavy atom. The summed E-state index contributed by atoms with van der Waals surface area (Å²) in [5, 5.41) is 0. The second-order valence-corrected chi connectivity index (χ2v) is 6.50. The van der Waals surface area contributed by atoms with E-state index in [-0.39, 0.29) is 0 Å². The molecule has 0 bridgehead atoms. The monoisotopic (exact) mass is 320 g/mol. The highest BCUT2D eigenvalue weighted by molar-refractivity contribution is 5.40. The number of rotatable bonds is 3. The first-order valence-corrected chi connectivity index (χ1v) is 8.81. The van der Waals surface area contributed by atoms with Gasteiger partial charge < -0.3 is 4.74 Å². The highest BCUT2D eigenvalue weighted by Gasteiger charge is 2.19. The molecule has 3 heteroatoms. The molecule has 2 aromatic rings. The summed E-state index contributed by atoms with van der Waals surface area (Å²) < 4.78 is 5.33. The predicted molar refractivity (Wildman–Crippen MR) is 96.0 cm³/mol. The first-order valence-electron chi connectivity index (χ1n) is 8.81. The summed E-state index contributed by atoms with van der Waals surface area (Å²) in [4.78, 5) is 8.40. The molecule has 24 heavy (non-hydrogen) atoms. The normalized spacial score (nSPS) is 20.1. The first kappa shape index (κ1) is 16.5. The van der Waals surface area contributed by atoms with E-state index in [1.165, 1.54) is 31.2 Å². The standard InChI is InChI=1S/C21H24N2O/c1-3-24-20-14-22-21(23-15-20)13-8-17-6-11-19(12-7-17)18-9-4-16(2)5-10-18/h6-7,11-12,14-16,18H,3-5,9-10H2,1-2H3/t16-,18-. The van der Waals surface area contributed by atoms with Crippen LogP contribution in [0.15, 0.2) is 36.7 Å². The quantitative estimate of drug-likeness (QED) is 0.777. The van der Waals surface area contributed by atoms with Crippen LogP contribution >= 0.6 is 0 Å². The first-order chi connectivity index (χ1) is 11.7. The van der Waals surface area contributed by atoms with Gasteiger partial charge in [0, 0.05) is 5.56 Å². The molecule has 0 aliphatic heterocycles. The molecule has 0 atom stereocenters. The Morgan fingerprint density at radius 3 is 2.29 bits per heavy atom. The Morgan fingerprint density at radius 1 is 1.00 bits per heavy atom. The summed E-state index contributed by atoms with van der Waals surface area (Å²) in [5.74, 6) is 8.94. The summed E-state index contributed by atoms with van der Waals surface area (Å²) in [6.45, 7) is 4.91. The summed E-state index contributed by atoms with van der Waals surface area (Å²) in [6.07, 6.45) is 8.64. The van der Waals surface area contributed by atoms with Crippen molar-refractivity contribution in [3.8, 4) is 17.6 Å². The van der Waals surface area contributed by atoms with Crippen molar-refractivity contribution in [3.05, 3.63) is 53.6 Å². The highest BCUT2D eigenvalue weighted by Crippen LogP contribution is 2.35. The third-order valence-corrected chi connectivity index (χ3v) is 4.66. The molecule has 1 aromatic heterocycles. The van der Waals surface area contributed by atoms with Crippen LogP contribution in [0.5, 0.6) is 5.75 Å².